The molecular weight excluding hydrogens is 228 g/mol. The van der Waals surface area contributed by atoms with Gasteiger partial charge in [-0.15, -0.1) is 0 Å². The summed E-state index contributed by atoms with van der Waals surface area (Å²) in [6, 6.07) is 1.16. The average Bonchev–Trinajstić information content (AvgIpc) is 2.28. The molecule has 0 aromatic heterocycles. The minimum Gasteiger partial charge on any atom is -0.379 e. The quantitative estimate of drug-likeness (QED) is 0.821. The Kier molecular flexibility index (Phi) is 5.42. The molecule has 4 nitrogen and oxygen atoms in total. The Labute approximate surface area is 111 Å². The first-order chi connectivity index (χ1) is 8.63. The zero-order chi connectivity index (χ0) is 13.0. The third-order valence-electron chi connectivity index (χ3n) is 3.85. The predicted octanol–water partition coefficient (Wildman–Crippen LogP) is 1.25. The molecule has 0 amide bonds. The molecule has 0 spiro atoms. The van der Waals surface area contributed by atoms with Crippen LogP contribution in [0.4, 0.5) is 0 Å². The summed E-state index contributed by atoms with van der Waals surface area (Å²) in [6.45, 7) is 11.7. The summed E-state index contributed by atoms with van der Waals surface area (Å²) in [6.07, 6.45) is 3.05. The maximum atomic E-state index is 5.78. The fraction of sp³-hybridized carbons (Fsp3) is 1.00. The van der Waals surface area contributed by atoms with E-state index in [2.05, 4.69) is 31.0 Å². The van der Waals surface area contributed by atoms with Crippen molar-refractivity contribution in [3.63, 3.8) is 0 Å². The minimum absolute atomic E-state index is 0.391. The molecule has 106 valence electrons. The number of hydrogen-bond acceptors (Lipinski definition) is 4. The molecule has 0 bridgehead atoms. The number of nitrogens with zero attached hydrogens (tertiary/aromatic N) is 1. The van der Waals surface area contributed by atoms with E-state index in [0.29, 0.717) is 24.3 Å². The topological polar surface area (TPSA) is 33.7 Å². The highest BCUT2D eigenvalue weighted by Crippen LogP contribution is 2.19. The second-order valence-electron chi connectivity index (χ2n) is 5.91. The lowest BCUT2D eigenvalue weighted by atomic mass is 9.99. The van der Waals surface area contributed by atoms with Gasteiger partial charge in [0, 0.05) is 31.7 Å². The van der Waals surface area contributed by atoms with Gasteiger partial charge in [0.25, 0.3) is 0 Å². The van der Waals surface area contributed by atoms with Crippen molar-refractivity contribution in [2.45, 2.75) is 57.9 Å². The standard InChI is InChI=1S/C14H28N2O2/c1-11(10-16-4-6-17-7-5-16)15-14-8-12(2)18-13(3)9-14/h11-15H,4-10H2,1-3H3. The van der Waals surface area contributed by atoms with E-state index in [1.165, 1.54) is 0 Å². The van der Waals surface area contributed by atoms with Crippen molar-refractivity contribution >= 4 is 0 Å². The van der Waals surface area contributed by atoms with E-state index in [1.54, 1.807) is 0 Å². The Balaban J connectivity index is 1.70. The molecule has 2 aliphatic heterocycles. The maximum absolute atomic E-state index is 5.78. The minimum atomic E-state index is 0.391. The summed E-state index contributed by atoms with van der Waals surface area (Å²) in [5, 5.41) is 3.76. The summed E-state index contributed by atoms with van der Waals surface area (Å²) in [7, 11) is 0. The van der Waals surface area contributed by atoms with Crippen LogP contribution < -0.4 is 5.32 Å². The molecule has 4 heteroatoms. The second kappa shape index (κ2) is 6.85. The van der Waals surface area contributed by atoms with Gasteiger partial charge in [0.05, 0.1) is 25.4 Å². The fourth-order valence-electron chi connectivity index (χ4n) is 3.17. The molecule has 3 atom stereocenters. The second-order valence-corrected chi connectivity index (χ2v) is 5.91. The van der Waals surface area contributed by atoms with Crippen LogP contribution in [0.3, 0.4) is 0 Å². The third kappa shape index (κ3) is 4.50. The van der Waals surface area contributed by atoms with Crippen molar-refractivity contribution in [3.8, 4) is 0 Å². The van der Waals surface area contributed by atoms with E-state index in [9.17, 15) is 0 Å². The number of nitrogens with one attached hydrogen (secondary N) is 1. The summed E-state index contributed by atoms with van der Waals surface area (Å²) in [5.41, 5.74) is 0. The first-order valence-electron chi connectivity index (χ1n) is 7.35. The van der Waals surface area contributed by atoms with Gasteiger partial charge in [-0.2, -0.15) is 0 Å². The molecule has 0 aromatic rings. The van der Waals surface area contributed by atoms with Crippen molar-refractivity contribution in [2.24, 2.45) is 0 Å². The van der Waals surface area contributed by atoms with Crippen LogP contribution >= 0.6 is 0 Å². The Morgan fingerprint density at radius 3 is 2.39 bits per heavy atom. The van der Waals surface area contributed by atoms with Gasteiger partial charge in [0.2, 0.25) is 0 Å². The van der Waals surface area contributed by atoms with Gasteiger partial charge in [-0.25, -0.2) is 0 Å². The van der Waals surface area contributed by atoms with E-state index in [0.717, 1.165) is 45.7 Å². The third-order valence-corrected chi connectivity index (χ3v) is 3.85. The highest BCUT2D eigenvalue weighted by Gasteiger charge is 2.25. The van der Waals surface area contributed by atoms with Crippen molar-refractivity contribution in [3.05, 3.63) is 0 Å². The van der Waals surface area contributed by atoms with E-state index >= 15 is 0 Å². The number of rotatable bonds is 4. The number of ether oxygens (including phenoxy) is 2. The van der Waals surface area contributed by atoms with Gasteiger partial charge in [-0.05, 0) is 33.6 Å². The predicted molar refractivity (Wildman–Crippen MR) is 72.9 cm³/mol. The molecular formula is C14H28N2O2. The molecule has 0 aromatic carbocycles. The van der Waals surface area contributed by atoms with Crippen LogP contribution in [0, 0.1) is 0 Å². The largest absolute Gasteiger partial charge is 0.379 e. The molecule has 18 heavy (non-hydrogen) atoms. The molecule has 2 aliphatic rings. The molecule has 0 aliphatic carbocycles. The van der Waals surface area contributed by atoms with Crippen LogP contribution in [0.25, 0.3) is 0 Å². The molecule has 2 fully saturated rings. The molecule has 2 saturated heterocycles. The number of morpholine rings is 1. The van der Waals surface area contributed by atoms with Crippen molar-refractivity contribution in [1.29, 1.82) is 0 Å². The van der Waals surface area contributed by atoms with Gasteiger partial charge >= 0.3 is 0 Å². The van der Waals surface area contributed by atoms with Crippen LogP contribution in [-0.2, 0) is 9.47 Å². The van der Waals surface area contributed by atoms with Crippen LogP contribution in [0.2, 0.25) is 0 Å². The molecule has 1 N–H and O–H groups in total. The van der Waals surface area contributed by atoms with Gasteiger partial charge in [0.15, 0.2) is 0 Å². The first-order valence-corrected chi connectivity index (χ1v) is 7.35. The van der Waals surface area contributed by atoms with Crippen LogP contribution in [0.1, 0.15) is 33.6 Å². The van der Waals surface area contributed by atoms with E-state index < -0.39 is 0 Å². The van der Waals surface area contributed by atoms with Gasteiger partial charge in [-0.3, -0.25) is 4.90 Å². The van der Waals surface area contributed by atoms with E-state index in [4.69, 9.17) is 9.47 Å². The van der Waals surface area contributed by atoms with Gasteiger partial charge in [0.1, 0.15) is 0 Å². The Morgan fingerprint density at radius 2 is 1.78 bits per heavy atom. The van der Waals surface area contributed by atoms with E-state index in [1.807, 2.05) is 0 Å². The van der Waals surface area contributed by atoms with Crippen molar-refractivity contribution < 1.29 is 9.47 Å². The summed E-state index contributed by atoms with van der Waals surface area (Å²) >= 11 is 0. The Morgan fingerprint density at radius 1 is 1.17 bits per heavy atom. The lowest BCUT2D eigenvalue weighted by Gasteiger charge is -2.36. The van der Waals surface area contributed by atoms with Crippen LogP contribution in [0.5, 0.6) is 0 Å². The SMILES string of the molecule is CC(CN1CCOCC1)NC1CC(C)OC(C)C1. The van der Waals surface area contributed by atoms with Gasteiger partial charge < -0.3 is 14.8 Å². The molecule has 3 unspecified atom stereocenters. The zero-order valence-corrected chi connectivity index (χ0v) is 12.0. The summed E-state index contributed by atoms with van der Waals surface area (Å²) < 4.78 is 11.2. The molecule has 2 heterocycles. The van der Waals surface area contributed by atoms with Gasteiger partial charge in [-0.1, -0.05) is 0 Å². The Hall–Kier alpha value is -0.160. The van der Waals surface area contributed by atoms with E-state index in [-0.39, 0.29) is 0 Å². The zero-order valence-electron chi connectivity index (χ0n) is 12.0. The summed E-state index contributed by atoms with van der Waals surface area (Å²) in [5.74, 6) is 0. The summed E-state index contributed by atoms with van der Waals surface area (Å²) in [4.78, 5) is 2.49. The number of hydrogen-bond donors (Lipinski definition) is 1. The highest BCUT2D eigenvalue weighted by atomic mass is 16.5. The first kappa shape index (κ1) is 14.3. The molecule has 0 radical (unpaired) electrons. The Bertz CT molecular complexity index is 234. The van der Waals surface area contributed by atoms with Crippen molar-refractivity contribution in [1.82, 2.24) is 10.2 Å². The molecule has 0 saturated carbocycles. The monoisotopic (exact) mass is 256 g/mol. The lowest BCUT2D eigenvalue weighted by Crippen LogP contribution is -2.50. The normalized spacial score (nSPS) is 36.5. The lowest BCUT2D eigenvalue weighted by molar-refractivity contribution is -0.0442. The molecule has 2 rings (SSSR count). The highest BCUT2D eigenvalue weighted by molar-refractivity contribution is 4.82. The maximum Gasteiger partial charge on any atom is 0.0594 e. The average molecular weight is 256 g/mol. The smallest absolute Gasteiger partial charge is 0.0594 e. The fourth-order valence-corrected chi connectivity index (χ4v) is 3.17. The van der Waals surface area contributed by atoms with Crippen LogP contribution in [-0.4, -0.2) is 62.0 Å². The van der Waals surface area contributed by atoms with Crippen LogP contribution in [0.15, 0.2) is 0 Å². The van der Waals surface area contributed by atoms with Crippen molar-refractivity contribution in [2.75, 3.05) is 32.8 Å².